The van der Waals surface area contributed by atoms with Crippen molar-refractivity contribution in [3.05, 3.63) is 48.4 Å². The zero-order chi connectivity index (χ0) is 17.2. The number of aromatic amines is 1. The van der Waals surface area contributed by atoms with Crippen molar-refractivity contribution in [1.82, 2.24) is 19.9 Å². The Morgan fingerprint density at radius 3 is 3.04 bits per heavy atom. The van der Waals surface area contributed by atoms with E-state index in [2.05, 4.69) is 15.0 Å². The molecule has 3 aromatic rings. The zero-order valence-electron chi connectivity index (χ0n) is 13.8. The summed E-state index contributed by atoms with van der Waals surface area (Å²) in [6, 6.07) is 7.65. The van der Waals surface area contributed by atoms with Crippen molar-refractivity contribution in [2.75, 3.05) is 20.2 Å². The third-order valence-electron chi connectivity index (χ3n) is 4.32. The highest BCUT2D eigenvalue weighted by Crippen LogP contribution is 2.21. The molecule has 1 fully saturated rings. The van der Waals surface area contributed by atoms with Crippen LogP contribution in [0.3, 0.4) is 0 Å². The Labute approximate surface area is 144 Å². The Balaban J connectivity index is 1.43. The van der Waals surface area contributed by atoms with Crippen LogP contribution in [0.15, 0.2) is 42.9 Å². The summed E-state index contributed by atoms with van der Waals surface area (Å²) in [5.74, 6) is 0.835. The van der Waals surface area contributed by atoms with Gasteiger partial charge in [0.1, 0.15) is 6.10 Å². The molecule has 0 spiro atoms. The summed E-state index contributed by atoms with van der Waals surface area (Å²) in [5, 5.41) is 1.03. The fourth-order valence-corrected chi connectivity index (χ4v) is 3.03. The fraction of sp³-hybridized carbons (Fsp3) is 0.278. The molecule has 1 amide bonds. The molecule has 7 nitrogen and oxygen atoms in total. The van der Waals surface area contributed by atoms with Gasteiger partial charge < -0.3 is 19.4 Å². The van der Waals surface area contributed by atoms with Crippen molar-refractivity contribution < 1.29 is 14.3 Å². The van der Waals surface area contributed by atoms with Crippen LogP contribution in [0.2, 0.25) is 0 Å². The smallest absolute Gasteiger partial charge is 0.254 e. The number of methoxy groups -OCH3 is 1. The van der Waals surface area contributed by atoms with Gasteiger partial charge in [0.15, 0.2) is 0 Å². The molecule has 1 aliphatic heterocycles. The molecule has 0 radical (unpaired) electrons. The van der Waals surface area contributed by atoms with Gasteiger partial charge in [-0.3, -0.25) is 9.78 Å². The highest BCUT2D eigenvalue weighted by atomic mass is 16.5. The van der Waals surface area contributed by atoms with Gasteiger partial charge in [0, 0.05) is 35.6 Å². The quantitative estimate of drug-likeness (QED) is 0.789. The summed E-state index contributed by atoms with van der Waals surface area (Å²) >= 11 is 0. The lowest BCUT2D eigenvalue weighted by Gasteiger charge is -2.17. The average Bonchev–Trinajstić information content (AvgIpc) is 3.29. The number of fused-ring (bicyclic) bond motifs is 1. The highest BCUT2D eigenvalue weighted by molar-refractivity contribution is 5.98. The van der Waals surface area contributed by atoms with Gasteiger partial charge in [0.2, 0.25) is 11.8 Å². The Morgan fingerprint density at radius 1 is 1.28 bits per heavy atom. The van der Waals surface area contributed by atoms with E-state index in [4.69, 9.17) is 9.47 Å². The maximum absolute atomic E-state index is 12.7. The Kier molecular flexibility index (Phi) is 3.97. The van der Waals surface area contributed by atoms with Crippen LogP contribution >= 0.6 is 0 Å². The molecule has 0 saturated carbocycles. The number of nitrogens with zero attached hydrogens (tertiary/aromatic N) is 3. The fourth-order valence-electron chi connectivity index (χ4n) is 3.03. The Morgan fingerprint density at radius 2 is 2.16 bits per heavy atom. The molecule has 1 aliphatic rings. The minimum absolute atomic E-state index is 0.0194. The number of carbonyl (C=O) groups excluding carboxylic acids is 1. The van der Waals surface area contributed by atoms with Crippen molar-refractivity contribution >= 4 is 16.8 Å². The lowest BCUT2D eigenvalue weighted by Crippen LogP contribution is -2.31. The van der Waals surface area contributed by atoms with E-state index >= 15 is 0 Å². The topological polar surface area (TPSA) is 80.3 Å². The van der Waals surface area contributed by atoms with Crippen LogP contribution in [-0.4, -0.2) is 52.1 Å². The van der Waals surface area contributed by atoms with E-state index < -0.39 is 0 Å². The summed E-state index contributed by atoms with van der Waals surface area (Å²) in [6.07, 6.45) is 5.60. The van der Waals surface area contributed by atoms with Gasteiger partial charge in [-0.25, -0.2) is 0 Å². The normalized spacial score (nSPS) is 17.0. The van der Waals surface area contributed by atoms with Crippen LogP contribution in [0.4, 0.5) is 0 Å². The minimum Gasteiger partial charge on any atom is -0.480 e. The van der Waals surface area contributed by atoms with Crippen molar-refractivity contribution in [3.63, 3.8) is 0 Å². The minimum atomic E-state index is -0.0960. The Bertz CT molecular complexity index is 908. The van der Waals surface area contributed by atoms with Gasteiger partial charge in [-0.2, -0.15) is 4.98 Å². The highest BCUT2D eigenvalue weighted by Gasteiger charge is 2.28. The summed E-state index contributed by atoms with van der Waals surface area (Å²) in [4.78, 5) is 25.9. The maximum atomic E-state index is 12.7. The molecule has 3 heterocycles. The second-order valence-electron chi connectivity index (χ2n) is 5.96. The second-order valence-corrected chi connectivity index (χ2v) is 5.96. The van der Waals surface area contributed by atoms with E-state index in [-0.39, 0.29) is 12.0 Å². The standard InChI is InChI=1S/C18H18N4O3/c1-24-16-9-19-10-17(21-16)25-14-5-7-22(11-14)18(23)13-2-3-15-12(8-13)4-6-20-15/h2-4,6,8-10,14,20H,5,7,11H2,1H3. The van der Waals surface area contributed by atoms with Crippen molar-refractivity contribution in [2.24, 2.45) is 0 Å². The molecular weight excluding hydrogens is 320 g/mol. The van der Waals surface area contributed by atoms with E-state index in [9.17, 15) is 4.79 Å². The molecule has 1 atom stereocenters. The molecule has 128 valence electrons. The number of rotatable bonds is 4. The summed E-state index contributed by atoms with van der Waals surface area (Å²) < 4.78 is 10.9. The van der Waals surface area contributed by atoms with E-state index in [1.807, 2.05) is 35.4 Å². The van der Waals surface area contributed by atoms with Gasteiger partial charge >= 0.3 is 0 Å². The van der Waals surface area contributed by atoms with Gasteiger partial charge in [0.05, 0.1) is 26.0 Å². The molecular formula is C18H18N4O3. The third-order valence-corrected chi connectivity index (χ3v) is 4.32. The van der Waals surface area contributed by atoms with E-state index in [1.165, 1.54) is 13.3 Å². The lowest BCUT2D eigenvalue weighted by atomic mass is 10.1. The first-order valence-electron chi connectivity index (χ1n) is 8.12. The molecule has 1 N–H and O–H groups in total. The van der Waals surface area contributed by atoms with Crippen LogP contribution in [0, 0.1) is 0 Å². The Hall–Kier alpha value is -3.09. The molecule has 1 aromatic carbocycles. The number of benzene rings is 1. The number of nitrogens with one attached hydrogen (secondary N) is 1. The van der Waals surface area contributed by atoms with Gasteiger partial charge in [-0.15, -0.1) is 0 Å². The molecule has 1 unspecified atom stereocenters. The third kappa shape index (κ3) is 3.13. The first-order chi connectivity index (χ1) is 12.2. The summed E-state index contributed by atoms with van der Waals surface area (Å²) in [5.41, 5.74) is 1.71. The van der Waals surface area contributed by atoms with Gasteiger partial charge in [-0.1, -0.05) is 0 Å². The molecule has 0 bridgehead atoms. The van der Waals surface area contributed by atoms with E-state index in [1.54, 1.807) is 6.20 Å². The number of aromatic nitrogens is 3. The van der Waals surface area contributed by atoms with Crippen LogP contribution in [0.5, 0.6) is 11.8 Å². The number of amides is 1. The molecule has 4 rings (SSSR count). The van der Waals surface area contributed by atoms with Crippen LogP contribution < -0.4 is 9.47 Å². The van der Waals surface area contributed by atoms with Gasteiger partial charge in [-0.05, 0) is 24.3 Å². The summed E-state index contributed by atoms with van der Waals surface area (Å²) in [7, 11) is 1.53. The maximum Gasteiger partial charge on any atom is 0.254 e. The first kappa shape index (κ1) is 15.4. The van der Waals surface area contributed by atoms with Crippen molar-refractivity contribution in [2.45, 2.75) is 12.5 Å². The second kappa shape index (κ2) is 6.43. The van der Waals surface area contributed by atoms with E-state index in [0.29, 0.717) is 30.4 Å². The number of carbonyl (C=O) groups is 1. The number of H-pyrrole nitrogens is 1. The molecule has 7 heteroatoms. The molecule has 1 saturated heterocycles. The molecule has 0 aliphatic carbocycles. The van der Waals surface area contributed by atoms with Crippen LogP contribution in [0.25, 0.3) is 10.9 Å². The number of hydrogen-bond acceptors (Lipinski definition) is 5. The number of likely N-dealkylation sites (tertiary alicyclic amines) is 1. The predicted molar refractivity (Wildman–Crippen MR) is 91.8 cm³/mol. The van der Waals surface area contributed by atoms with Crippen molar-refractivity contribution in [1.29, 1.82) is 0 Å². The largest absolute Gasteiger partial charge is 0.480 e. The van der Waals surface area contributed by atoms with E-state index in [0.717, 1.165) is 17.3 Å². The van der Waals surface area contributed by atoms with Crippen LogP contribution in [0.1, 0.15) is 16.8 Å². The first-order valence-corrected chi connectivity index (χ1v) is 8.12. The van der Waals surface area contributed by atoms with Crippen LogP contribution in [-0.2, 0) is 0 Å². The number of ether oxygens (including phenoxy) is 2. The SMILES string of the molecule is COc1cncc(OC2CCN(C(=O)c3ccc4[nH]ccc4c3)C2)n1. The lowest BCUT2D eigenvalue weighted by molar-refractivity contribution is 0.0771. The number of hydrogen-bond donors (Lipinski definition) is 1. The van der Waals surface area contributed by atoms with Crippen molar-refractivity contribution in [3.8, 4) is 11.8 Å². The van der Waals surface area contributed by atoms with Gasteiger partial charge in [0.25, 0.3) is 5.91 Å². The summed E-state index contributed by atoms with van der Waals surface area (Å²) in [6.45, 7) is 1.19. The molecule has 2 aromatic heterocycles. The monoisotopic (exact) mass is 338 g/mol. The zero-order valence-corrected chi connectivity index (χ0v) is 13.8. The average molecular weight is 338 g/mol. The molecule has 25 heavy (non-hydrogen) atoms. The predicted octanol–water partition coefficient (Wildman–Crippen LogP) is 2.26.